The number of amides is 1. The van der Waals surface area contributed by atoms with Crippen molar-refractivity contribution in [2.75, 3.05) is 68.1 Å². The van der Waals surface area contributed by atoms with Crippen molar-refractivity contribution in [2.45, 2.75) is 32.0 Å². The van der Waals surface area contributed by atoms with Gasteiger partial charge in [0.05, 0.1) is 37.6 Å². The number of nitrogens with two attached hydrogens (primary N) is 2. The molecule has 22 nitrogen and oxygen atoms in total. The summed E-state index contributed by atoms with van der Waals surface area (Å²) in [7, 11) is 6.65. The van der Waals surface area contributed by atoms with Gasteiger partial charge >= 0.3 is 17.6 Å². The summed E-state index contributed by atoms with van der Waals surface area (Å²) in [5, 5.41) is 20.2. The van der Waals surface area contributed by atoms with Gasteiger partial charge in [-0.2, -0.15) is 9.97 Å². The van der Waals surface area contributed by atoms with Gasteiger partial charge in [0.15, 0.2) is 28.1 Å². The number of carbonyl (C=O) groups is 3. The van der Waals surface area contributed by atoms with Gasteiger partial charge in [0.25, 0.3) is 11.5 Å². The Labute approximate surface area is 354 Å². The van der Waals surface area contributed by atoms with Crippen LogP contribution < -0.4 is 42.6 Å². The maximum atomic E-state index is 12.6. The van der Waals surface area contributed by atoms with Gasteiger partial charge in [0.2, 0.25) is 5.95 Å². The lowest BCUT2D eigenvalue weighted by molar-refractivity contribution is -0.140. The van der Waals surface area contributed by atoms with Gasteiger partial charge in [0.1, 0.15) is 11.8 Å². The number of hydrogen-bond donors (Lipinski definition) is 5. The Morgan fingerprint density at radius 2 is 1.63 bits per heavy atom. The van der Waals surface area contributed by atoms with E-state index < -0.39 is 23.9 Å². The van der Waals surface area contributed by atoms with Crippen LogP contribution in [0.2, 0.25) is 0 Å². The van der Waals surface area contributed by atoms with E-state index in [9.17, 15) is 29.1 Å². The van der Waals surface area contributed by atoms with Crippen LogP contribution in [0.1, 0.15) is 28.9 Å². The highest BCUT2D eigenvalue weighted by Crippen LogP contribution is 2.28. The van der Waals surface area contributed by atoms with E-state index >= 15 is 0 Å². The second kappa shape index (κ2) is 19.2. The molecule has 1 saturated heterocycles. The molecule has 1 atom stereocenters. The zero-order valence-corrected chi connectivity index (χ0v) is 34.6. The van der Waals surface area contributed by atoms with Gasteiger partial charge in [-0.15, -0.1) is 0 Å². The number of carboxylic acids is 2. The minimum atomic E-state index is -1.30. The number of methoxy groups -OCH3 is 1. The Kier molecular flexibility index (Phi) is 13.6. The van der Waals surface area contributed by atoms with Crippen LogP contribution >= 0.6 is 0 Å². The minimum Gasteiger partial charge on any atom is -0.495 e. The van der Waals surface area contributed by atoms with Crippen LogP contribution in [0.5, 0.6) is 5.75 Å². The number of ether oxygens (including phenoxy) is 1. The highest BCUT2D eigenvalue weighted by Gasteiger charge is 2.23. The Morgan fingerprint density at radius 3 is 2.31 bits per heavy atom. The van der Waals surface area contributed by atoms with E-state index in [4.69, 9.17) is 21.3 Å². The van der Waals surface area contributed by atoms with Gasteiger partial charge in [-0.3, -0.25) is 28.4 Å². The molecule has 0 spiro atoms. The lowest BCUT2D eigenvalue weighted by atomic mass is 10.1. The molecule has 62 heavy (non-hydrogen) atoms. The van der Waals surface area contributed by atoms with Crippen molar-refractivity contribution in [1.82, 2.24) is 48.8 Å². The van der Waals surface area contributed by atoms with Crippen LogP contribution in [0.3, 0.4) is 0 Å². The quantitative estimate of drug-likeness (QED) is 0.0999. The van der Waals surface area contributed by atoms with Gasteiger partial charge < -0.3 is 46.1 Å². The first-order valence-electron chi connectivity index (χ1n) is 19.5. The summed E-state index contributed by atoms with van der Waals surface area (Å²) in [6.45, 7) is 5.54. The molecule has 326 valence electrons. The molecule has 0 aliphatic carbocycles. The number of fused-ring (bicyclic) bond motifs is 2. The van der Waals surface area contributed by atoms with Crippen molar-refractivity contribution in [1.29, 1.82) is 0 Å². The molecule has 5 heterocycles. The van der Waals surface area contributed by atoms with Crippen molar-refractivity contribution in [3.8, 4) is 5.75 Å². The monoisotopic (exact) mass is 852 g/mol. The van der Waals surface area contributed by atoms with E-state index in [1.165, 1.54) is 23.7 Å². The molecule has 7 rings (SSSR count). The van der Waals surface area contributed by atoms with E-state index in [0.29, 0.717) is 41.1 Å². The number of nitrogen functional groups attached to an aromatic ring is 2. The first kappa shape index (κ1) is 43.9. The van der Waals surface area contributed by atoms with E-state index in [1.807, 2.05) is 34.7 Å². The van der Waals surface area contributed by atoms with E-state index in [0.717, 1.165) is 54.4 Å². The average Bonchev–Trinajstić information content (AvgIpc) is 3.70. The number of para-hydroxylation sites is 2. The summed E-state index contributed by atoms with van der Waals surface area (Å²) >= 11 is 0. The topological polar surface area (TPSA) is 288 Å². The number of anilines is 4. The maximum absolute atomic E-state index is 12.6. The number of nitrogens with one attached hydrogen (secondary N) is 1. The highest BCUT2D eigenvalue weighted by molar-refractivity contribution is 5.97. The summed E-state index contributed by atoms with van der Waals surface area (Å²) < 4.78 is 9.88. The molecule has 6 aromatic rings. The standard InChI is InChI=1S/C20H22N8O5.C20H26N6O3/c1-28(9-11-8-23-17-15(24-11)16(21)26-20(22)27-17)12-4-2-10(3-5-12)18(31)25-13(19(32)33)6-7-14(29)30;1-22-18-17(19(27)23(2)20(22)28)26(14-21-18)13-10-24-8-11-25(12-9-24)15-6-4-5-7-16(15)29-3/h2-5,8,13H,6-7,9H2,1H3,(H,25,31)(H,29,30)(H,32,33)(H4,21,22,23,26,27);4-7,14H,8-13H2,1-3H3/t13-;/m1./s1. The van der Waals surface area contributed by atoms with Crippen LogP contribution in [0.15, 0.2) is 70.6 Å². The lowest BCUT2D eigenvalue weighted by Crippen LogP contribution is -2.47. The summed E-state index contributed by atoms with van der Waals surface area (Å²) in [5.41, 5.74) is 15.0. The summed E-state index contributed by atoms with van der Waals surface area (Å²) in [6.07, 6.45) is 2.61. The number of rotatable bonds is 14. The normalized spacial score (nSPS) is 13.3. The maximum Gasteiger partial charge on any atom is 0.332 e. The number of imidazole rings is 1. The number of aryl methyl sites for hydroxylation is 1. The van der Waals surface area contributed by atoms with Crippen molar-refractivity contribution in [2.24, 2.45) is 14.1 Å². The molecule has 4 aromatic heterocycles. The summed E-state index contributed by atoms with van der Waals surface area (Å²) in [5.74, 6) is -2.01. The number of carboxylic acid groups (broad SMARTS) is 2. The van der Waals surface area contributed by atoms with E-state index in [1.54, 1.807) is 38.8 Å². The minimum absolute atomic E-state index is 0.0138. The lowest BCUT2D eigenvalue weighted by Gasteiger charge is -2.36. The number of hydrogen-bond acceptors (Lipinski definition) is 16. The second-order valence-electron chi connectivity index (χ2n) is 14.5. The molecule has 0 unspecified atom stereocenters. The largest absolute Gasteiger partial charge is 0.495 e. The number of benzene rings is 2. The van der Waals surface area contributed by atoms with Crippen molar-refractivity contribution in [3.05, 3.63) is 93.2 Å². The molecular formula is C40H48N14O8. The third kappa shape index (κ3) is 10.0. The fraction of sp³-hybridized carbons (Fsp3) is 0.350. The third-order valence-electron chi connectivity index (χ3n) is 10.4. The Hall–Kier alpha value is -7.62. The van der Waals surface area contributed by atoms with Gasteiger partial charge in [0, 0.05) is 78.1 Å². The Morgan fingerprint density at radius 1 is 0.919 bits per heavy atom. The summed E-state index contributed by atoms with van der Waals surface area (Å²) in [6, 6.07) is 13.2. The number of piperazine rings is 1. The number of carbonyl (C=O) groups excluding carboxylic acids is 1. The van der Waals surface area contributed by atoms with Crippen LogP contribution in [0.4, 0.5) is 23.1 Å². The molecule has 0 bridgehead atoms. The molecule has 0 saturated carbocycles. The predicted molar refractivity (Wildman–Crippen MR) is 230 cm³/mol. The van der Waals surface area contributed by atoms with Gasteiger partial charge in [-0.05, 0) is 42.8 Å². The molecule has 1 aliphatic heterocycles. The average molecular weight is 853 g/mol. The molecule has 0 radical (unpaired) electrons. The zero-order valence-electron chi connectivity index (χ0n) is 34.6. The van der Waals surface area contributed by atoms with Crippen LogP contribution in [0.25, 0.3) is 22.3 Å². The Bertz CT molecular complexity index is 2710. The van der Waals surface area contributed by atoms with Gasteiger partial charge in [-0.1, -0.05) is 12.1 Å². The van der Waals surface area contributed by atoms with E-state index in [-0.39, 0.29) is 41.4 Å². The van der Waals surface area contributed by atoms with Crippen LogP contribution in [-0.2, 0) is 36.8 Å². The molecule has 1 fully saturated rings. The number of aliphatic carboxylic acids is 2. The second-order valence-corrected chi connectivity index (χ2v) is 14.5. The fourth-order valence-corrected chi connectivity index (χ4v) is 6.95. The number of nitrogens with zero attached hydrogens (tertiary/aromatic N) is 11. The third-order valence-corrected chi connectivity index (χ3v) is 10.4. The van der Waals surface area contributed by atoms with E-state index in [2.05, 4.69) is 46.1 Å². The predicted octanol–water partition coefficient (Wildman–Crippen LogP) is 0.533. The molecule has 2 aromatic carbocycles. The summed E-state index contributed by atoms with van der Waals surface area (Å²) in [4.78, 5) is 86.3. The van der Waals surface area contributed by atoms with Crippen molar-refractivity contribution >= 4 is 63.3 Å². The van der Waals surface area contributed by atoms with Gasteiger partial charge in [-0.25, -0.2) is 24.5 Å². The molecule has 1 amide bonds. The number of aromatic nitrogens is 8. The highest BCUT2D eigenvalue weighted by atomic mass is 16.5. The molecule has 7 N–H and O–H groups in total. The first-order chi connectivity index (χ1) is 29.6. The molecular weight excluding hydrogens is 805 g/mol. The van der Waals surface area contributed by atoms with Crippen LogP contribution in [0, 0.1) is 0 Å². The Balaban J connectivity index is 0.000000208. The zero-order chi connectivity index (χ0) is 44.7. The van der Waals surface area contributed by atoms with Crippen LogP contribution in [-0.4, -0.2) is 125 Å². The molecule has 1 aliphatic rings. The smallest absolute Gasteiger partial charge is 0.332 e. The first-order valence-corrected chi connectivity index (χ1v) is 19.5. The fourth-order valence-electron chi connectivity index (χ4n) is 6.95. The molecule has 22 heteroatoms. The van der Waals surface area contributed by atoms with Crippen molar-refractivity contribution < 1.29 is 29.3 Å². The SMILES string of the molecule is CN(Cc1cnc2nc(N)nc(N)c2n1)c1ccc(C(=O)N[C@H](CCC(=O)O)C(=O)O)cc1.COc1ccccc1N1CCN(CCn2cnc3c2c(=O)n(C)c(=O)n3C)CC1. The van der Waals surface area contributed by atoms with Crippen molar-refractivity contribution in [3.63, 3.8) is 0 Å².